The number of carbonyl (C=O) groups excluding carboxylic acids is 1. The molecule has 0 fully saturated rings. The van der Waals surface area contributed by atoms with Gasteiger partial charge in [-0.3, -0.25) is 4.79 Å². The number of benzene rings is 1. The van der Waals surface area contributed by atoms with Crippen LogP contribution in [0.1, 0.15) is 47.0 Å². The largest absolute Gasteiger partial charge is 0.451 e. The summed E-state index contributed by atoms with van der Waals surface area (Å²) in [6.07, 6.45) is 0. The zero-order valence-corrected chi connectivity index (χ0v) is 11.8. The minimum absolute atomic E-state index is 0.200. The lowest BCUT2D eigenvalue weighted by Gasteiger charge is -2.01. The maximum Gasteiger partial charge on any atom is 0.284 e. The van der Waals surface area contributed by atoms with Crippen molar-refractivity contribution in [2.24, 2.45) is 5.73 Å². The molecule has 0 bridgehead atoms. The summed E-state index contributed by atoms with van der Waals surface area (Å²) in [4.78, 5) is 11.4. The molecule has 0 unspecified atom stereocenters. The number of amides is 1. The van der Waals surface area contributed by atoms with Gasteiger partial charge >= 0.3 is 0 Å². The molecule has 3 nitrogen and oxygen atoms in total. The standard InChI is InChI=1S/C16H19NO2/c1-9(2)13-8-14(19-15(13)16(17)18)12-6-10(3)5-11(4)7-12/h5-9H,1-4H3,(H2,17,18). The van der Waals surface area contributed by atoms with E-state index < -0.39 is 5.91 Å². The van der Waals surface area contributed by atoms with Crippen molar-refractivity contribution >= 4 is 5.91 Å². The van der Waals surface area contributed by atoms with Crippen LogP contribution in [0.15, 0.2) is 28.7 Å². The molecular weight excluding hydrogens is 238 g/mol. The van der Waals surface area contributed by atoms with Crippen LogP contribution in [0.4, 0.5) is 0 Å². The van der Waals surface area contributed by atoms with Crippen LogP contribution in [0.5, 0.6) is 0 Å². The smallest absolute Gasteiger partial charge is 0.284 e. The second-order valence-corrected chi connectivity index (χ2v) is 5.29. The van der Waals surface area contributed by atoms with E-state index in [0.29, 0.717) is 5.76 Å². The number of furan rings is 1. The molecule has 2 rings (SSSR count). The van der Waals surface area contributed by atoms with Crippen molar-refractivity contribution in [3.8, 4) is 11.3 Å². The van der Waals surface area contributed by atoms with Crippen molar-refractivity contribution in [3.05, 3.63) is 46.7 Å². The summed E-state index contributed by atoms with van der Waals surface area (Å²) in [7, 11) is 0. The van der Waals surface area contributed by atoms with Crippen LogP contribution in [0.25, 0.3) is 11.3 Å². The van der Waals surface area contributed by atoms with Gasteiger partial charge in [-0.1, -0.05) is 31.0 Å². The monoisotopic (exact) mass is 257 g/mol. The minimum Gasteiger partial charge on any atom is -0.451 e. The SMILES string of the molecule is Cc1cc(C)cc(-c2cc(C(C)C)c(C(N)=O)o2)c1. The number of hydrogen-bond donors (Lipinski definition) is 1. The molecule has 100 valence electrons. The third kappa shape index (κ3) is 2.70. The summed E-state index contributed by atoms with van der Waals surface area (Å²) in [5, 5.41) is 0. The summed E-state index contributed by atoms with van der Waals surface area (Å²) < 4.78 is 5.66. The lowest BCUT2D eigenvalue weighted by molar-refractivity contribution is 0.0973. The quantitative estimate of drug-likeness (QED) is 0.909. The second kappa shape index (κ2) is 4.92. The zero-order valence-electron chi connectivity index (χ0n) is 11.8. The molecule has 0 aliphatic rings. The first-order valence-electron chi connectivity index (χ1n) is 6.40. The van der Waals surface area contributed by atoms with Gasteiger partial charge in [0.05, 0.1) is 0 Å². The molecule has 0 radical (unpaired) electrons. The Morgan fingerprint density at radius 1 is 1.11 bits per heavy atom. The van der Waals surface area contributed by atoms with Crippen LogP contribution in [-0.2, 0) is 0 Å². The molecule has 0 atom stereocenters. The fourth-order valence-electron chi connectivity index (χ4n) is 2.29. The van der Waals surface area contributed by atoms with Crippen molar-refractivity contribution in [2.75, 3.05) is 0 Å². The van der Waals surface area contributed by atoms with Crippen LogP contribution in [-0.4, -0.2) is 5.91 Å². The van der Waals surface area contributed by atoms with E-state index >= 15 is 0 Å². The van der Waals surface area contributed by atoms with E-state index in [9.17, 15) is 4.79 Å². The van der Waals surface area contributed by atoms with Gasteiger partial charge < -0.3 is 10.2 Å². The van der Waals surface area contributed by atoms with Crippen LogP contribution in [0, 0.1) is 13.8 Å². The highest BCUT2D eigenvalue weighted by molar-refractivity contribution is 5.92. The Bertz CT molecular complexity index is 603. The van der Waals surface area contributed by atoms with Gasteiger partial charge in [-0.15, -0.1) is 0 Å². The summed E-state index contributed by atoms with van der Waals surface area (Å²) in [6, 6.07) is 8.10. The first-order chi connectivity index (χ1) is 8.88. The Labute approximate surface area is 113 Å². The maximum atomic E-state index is 11.4. The fourth-order valence-corrected chi connectivity index (χ4v) is 2.29. The molecular formula is C16H19NO2. The van der Waals surface area contributed by atoms with Crippen LogP contribution < -0.4 is 5.73 Å². The van der Waals surface area contributed by atoms with E-state index in [1.165, 1.54) is 0 Å². The Morgan fingerprint density at radius 3 is 2.11 bits per heavy atom. The first kappa shape index (κ1) is 13.4. The van der Waals surface area contributed by atoms with Crippen LogP contribution in [0.3, 0.4) is 0 Å². The van der Waals surface area contributed by atoms with Crippen LogP contribution in [0.2, 0.25) is 0 Å². The molecule has 3 heteroatoms. The van der Waals surface area contributed by atoms with Gasteiger partial charge in [-0.2, -0.15) is 0 Å². The van der Waals surface area contributed by atoms with Gasteiger partial charge in [0.15, 0.2) is 5.76 Å². The summed E-state index contributed by atoms with van der Waals surface area (Å²) in [5.41, 5.74) is 9.54. The molecule has 2 N–H and O–H groups in total. The van der Waals surface area contributed by atoms with E-state index in [4.69, 9.17) is 10.2 Å². The summed E-state index contributed by atoms with van der Waals surface area (Å²) >= 11 is 0. The first-order valence-corrected chi connectivity index (χ1v) is 6.40. The Balaban J connectivity index is 2.57. The van der Waals surface area contributed by atoms with Gasteiger partial charge in [0.25, 0.3) is 5.91 Å². The van der Waals surface area contributed by atoms with Crippen molar-refractivity contribution < 1.29 is 9.21 Å². The Kier molecular flexibility index (Phi) is 3.47. The van der Waals surface area contributed by atoms with Crippen molar-refractivity contribution in [3.63, 3.8) is 0 Å². The molecule has 0 saturated carbocycles. The topological polar surface area (TPSA) is 56.2 Å². The lowest BCUT2D eigenvalue weighted by Crippen LogP contribution is -2.12. The van der Waals surface area contributed by atoms with Gasteiger partial charge in [0.1, 0.15) is 5.76 Å². The predicted octanol–water partition coefficient (Wildman–Crippen LogP) is 3.79. The summed E-state index contributed by atoms with van der Waals surface area (Å²) in [6.45, 7) is 8.11. The molecule has 0 aliphatic carbocycles. The average Bonchev–Trinajstić information content (AvgIpc) is 2.72. The molecule has 2 aromatic rings. The number of nitrogens with two attached hydrogens (primary N) is 1. The maximum absolute atomic E-state index is 11.4. The van der Waals surface area contributed by atoms with E-state index in [2.05, 4.69) is 6.07 Å². The molecule has 1 heterocycles. The van der Waals surface area contributed by atoms with E-state index in [-0.39, 0.29) is 11.7 Å². The highest BCUT2D eigenvalue weighted by Crippen LogP contribution is 2.30. The van der Waals surface area contributed by atoms with E-state index in [0.717, 1.165) is 22.3 Å². The van der Waals surface area contributed by atoms with Crippen molar-refractivity contribution in [2.45, 2.75) is 33.6 Å². The third-order valence-electron chi connectivity index (χ3n) is 3.11. The Hall–Kier alpha value is -2.03. The van der Waals surface area contributed by atoms with Crippen molar-refractivity contribution in [1.29, 1.82) is 0 Å². The molecule has 0 spiro atoms. The molecule has 1 amide bonds. The molecule has 1 aromatic heterocycles. The minimum atomic E-state index is -0.515. The number of aryl methyl sites for hydroxylation is 2. The lowest BCUT2D eigenvalue weighted by atomic mass is 10.0. The average molecular weight is 257 g/mol. The second-order valence-electron chi connectivity index (χ2n) is 5.29. The summed E-state index contributed by atoms with van der Waals surface area (Å²) in [5.74, 6) is 0.652. The number of hydrogen-bond acceptors (Lipinski definition) is 2. The molecule has 1 aromatic carbocycles. The van der Waals surface area contributed by atoms with Gasteiger partial charge in [-0.25, -0.2) is 0 Å². The normalized spacial score (nSPS) is 11.0. The fraction of sp³-hybridized carbons (Fsp3) is 0.312. The molecule has 19 heavy (non-hydrogen) atoms. The third-order valence-corrected chi connectivity index (χ3v) is 3.11. The van der Waals surface area contributed by atoms with E-state index in [1.807, 2.05) is 45.9 Å². The zero-order chi connectivity index (χ0) is 14.2. The predicted molar refractivity (Wildman–Crippen MR) is 76.2 cm³/mol. The number of rotatable bonds is 3. The Morgan fingerprint density at radius 2 is 1.68 bits per heavy atom. The number of carbonyl (C=O) groups is 1. The molecule has 0 aliphatic heterocycles. The van der Waals surface area contributed by atoms with E-state index in [1.54, 1.807) is 0 Å². The highest BCUT2D eigenvalue weighted by Gasteiger charge is 2.19. The van der Waals surface area contributed by atoms with Crippen LogP contribution >= 0.6 is 0 Å². The number of primary amides is 1. The van der Waals surface area contributed by atoms with Gasteiger partial charge in [0, 0.05) is 11.1 Å². The molecule has 0 saturated heterocycles. The van der Waals surface area contributed by atoms with Gasteiger partial charge in [-0.05, 0) is 38.0 Å². The van der Waals surface area contributed by atoms with Gasteiger partial charge in [0.2, 0.25) is 0 Å². The highest BCUT2D eigenvalue weighted by atomic mass is 16.4. The van der Waals surface area contributed by atoms with Crippen molar-refractivity contribution in [1.82, 2.24) is 0 Å².